The van der Waals surface area contributed by atoms with Crippen LogP contribution in [0.2, 0.25) is 0 Å². The minimum absolute atomic E-state index is 0.0247. The van der Waals surface area contributed by atoms with Gasteiger partial charge in [0, 0.05) is 43.7 Å². The van der Waals surface area contributed by atoms with Crippen LogP contribution >= 0.6 is 11.3 Å². The number of aromatic nitrogens is 4. The van der Waals surface area contributed by atoms with Gasteiger partial charge in [0.1, 0.15) is 10.7 Å². The molecule has 0 spiro atoms. The van der Waals surface area contributed by atoms with Crippen LogP contribution in [0.5, 0.6) is 0 Å². The number of rotatable bonds is 4. The molecule has 1 aliphatic carbocycles. The van der Waals surface area contributed by atoms with Crippen LogP contribution in [0.3, 0.4) is 0 Å². The lowest BCUT2D eigenvalue weighted by molar-refractivity contribution is 0.0789. The molecule has 0 atom stereocenters. The predicted molar refractivity (Wildman–Crippen MR) is 97.9 cm³/mol. The molecule has 1 fully saturated rings. The molecule has 0 aliphatic heterocycles. The molecule has 0 saturated heterocycles. The van der Waals surface area contributed by atoms with Gasteiger partial charge in [-0.3, -0.25) is 9.48 Å². The van der Waals surface area contributed by atoms with Crippen molar-refractivity contribution in [2.75, 3.05) is 7.05 Å². The fourth-order valence-electron chi connectivity index (χ4n) is 3.16. The molecule has 1 amide bonds. The van der Waals surface area contributed by atoms with Crippen LogP contribution in [0.1, 0.15) is 51.1 Å². The Kier molecular flexibility index (Phi) is 3.83. The number of nitrogens with zero attached hydrogens (tertiary/aromatic N) is 5. The number of carbonyl (C=O) groups is 1. The summed E-state index contributed by atoms with van der Waals surface area (Å²) in [6.07, 6.45) is 6.07. The molecule has 7 heteroatoms. The number of fused-ring (bicyclic) bond motifs is 1. The molecular formula is C18H21N5OS. The van der Waals surface area contributed by atoms with Gasteiger partial charge >= 0.3 is 0 Å². The molecule has 0 N–H and O–H groups in total. The molecule has 1 saturated carbocycles. The van der Waals surface area contributed by atoms with Crippen molar-refractivity contribution in [2.45, 2.75) is 39.2 Å². The van der Waals surface area contributed by atoms with Crippen LogP contribution in [-0.4, -0.2) is 37.6 Å². The van der Waals surface area contributed by atoms with Crippen LogP contribution in [0.4, 0.5) is 0 Å². The van der Waals surface area contributed by atoms with E-state index in [2.05, 4.69) is 10.1 Å². The third kappa shape index (κ3) is 2.93. The number of aryl methyl sites for hydroxylation is 3. The van der Waals surface area contributed by atoms with Crippen molar-refractivity contribution in [2.24, 2.45) is 7.05 Å². The number of hydrogen-bond donors (Lipinski definition) is 0. The summed E-state index contributed by atoms with van der Waals surface area (Å²) in [5, 5.41) is 5.20. The maximum absolute atomic E-state index is 12.9. The average molecular weight is 355 g/mol. The first-order chi connectivity index (χ1) is 11.9. The quantitative estimate of drug-likeness (QED) is 0.721. The average Bonchev–Trinajstić information content (AvgIpc) is 3.26. The Hall–Kier alpha value is -2.28. The van der Waals surface area contributed by atoms with Crippen LogP contribution in [0.25, 0.3) is 10.2 Å². The molecule has 1 aliphatic rings. The van der Waals surface area contributed by atoms with Gasteiger partial charge in [-0.15, -0.1) is 11.3 Å². The van der Waals surface area contributed by atoms with Crippen LogP contribution in [0, 0.1) is 13.8 Å². The molecular weight excluding hydrogens is 334 g/mol. The molecule has 3 aromatic rings. The Bertz CT molecular complexity index is 969. The summed E-state index contributed by atoms with van der Waals surface area (Å²) < 4.78 is 1.75. The highest BCUT2D eigenvalue weighted by Crippen LogP contribution is 2.40. The number of hydrogen-bond acceptors (Lipinski definition) is 5. The van der Waals surface area contributed by atoms with Gasteiger partial charge in [-0.2, -0.15) is 5.10 Å². The first-order valence-corrected chi connectivity index (χ1v) is 9.26. The topological polar surface area (TPSA) is 63.9 Å². The molecule has 0 unspecified atom stereocenters. The van der Waals surface area contributed by atoms with Gasteiger partial charge in [-0.1, -0.05) is 0 Å². The highest BCUT2D eigenvalue weighted by molar-refractivity contribution is 7.20. The molecule has 0 aromatic carbocycles. The Morgan fingerprint density at radius 1 is 1.36 bits per heavy atom. The van der Waals surface area contributed by atoms with Gasteiger partial charge in [-0.05, 0) is 32.3 Å². The number of thiophene rings is 1. The van der Waals surface area contributed by atoms with E-state index in [0.29, 0.717) is 12.5 Å². The lowest BCUT2D eigenvalue weighted by atomic mass is 10.1. The largest absolute Gasteiger partial charge is 0.337 e. The molecule has 6 nitrogen and oxygen atoms in total. The third-order valence-corrected chi connectivity index (χ3v) is 5.82. The maximum atomic E-state index is 12.9. The Morgan fingerprint density at radius 2 is 2.12 bits per heavy atom. The van der Waals surface area contributed by atoms with Crippen molar-refractivity contribution in [3.63, 3.8) is 0 Å². The van der Waals surface area contributed by atoms with Gasteiger partial charge in [-0.25, -0.2) is 9.97 Å². The number of amides is 1. The molecule has 0 bridgehead atoms. The van der Waals surface area contributed by atoms with E-state index in [4.69, 9.17) is 4.98 Å². The fraction of sp³-hybridized carbons (Fsp3) is 0.444. The van der Waals surface area contributed by atoms with E-state index in [1.54, 1.807) is 15.8 Å². The molecule has 130 valence electrons. The minimum Gasteiger partial charge on any atom is -0.337 e. The van der Waals surface area contributed by atoms with Crippen molar-refractivity contribution in [3.05, 3.63) is 39.9 Å². The van der Waals surface area contributed by atoms with E-state index in [1.165, 1.54) is 24.2 Å². The summed E-state index contributed by atoms with van der Waals surface area (Å²) in [7, 11) is 3.70. The highest BCUT2D eigenvalue weighted by Gasteiger charge is 2.29. The summed E-state index contributed by atoms with van der Waals surface area (Å²) in [5.74, 6) is 1.48. The van der Waals surface area contributed by atoms with Gasteiger partial charge in [0.25, 0.3) is 5.91 Å². The minimum atomic E-state index is 0.0247. The van der Waals surface area contributed by atoms with Crippen molar-refractivity contribution >= 4 is 27.5 Å². The second-order valence-corrected chi connectivity index (χ2v) is 7.86. The van der Waals surface area contributed by atoms with Crippen molar-refractivity contribution < 1.29 is 4.79 Å². The molecule has 25 heavy (non-hydrogen) atoms. The second kappa shape index (κ2) is 5.91. The van der Waals surface area contributed by atoms with Crippen molar-refractivity contribution in [1.29, 1.82) is 0 Å². The van der Waals surface area contributed by atoms with Crippen molar-refractivity contribution in [3.8, 4) is 0 Å². The van der Waals surface area contributed by atoms with Gasteiger partial charge in [0.05, 0.1) is 16.8 Å². The zero-order valence-corrected chi connectivity index (χ0v) is 15.7. The van der Waals surface area contributed by atoms with Gasteiger partial charge in [0.15, 0.2) is 0 Å². The van der Waals surface area contributed by atoms with Gasteiger partial charge in [0.2, 0.25) is 0 Å². The standard InChI is InChI=1S/C18H21N5OS/c1-10-14-11(2)20-16(13-5-6-13)21-17(14)25-15(10)18(24)22(3)8-12-7-19-23(4)9-12/h7,9,13H,5-6,8H2,1-4H3. The van der Waals surface area contributed by atoms with E-state index < -0.39 is 0 Å². The lowest BCUT2D eigenvalue weighted by Crippen LogP contribution is -2.25. The summed E-state index contributed by atoms with van der Waals surface area (Å²) in [4.78, 5) is 25.8. The maximum Gasteiger partial charge on any atom is 0.264 e. The van der Waals surface area contributed by atoms with E-state index >= 15 is 0 Å². The van der Waals surface area contributed by atoms with E-state index in [9.17, 15) is 4.79 Å². The summed E-state index contributed by atoms with van der Waals surface area (Å²) in [6.45, 7) is 4.55. The van der Waals surface area contributed by atoms with Crippen molar-refractivity contribution in [1.82, 2.24) is 24.6 Å². The molecule has 0 radical (unpaired) electrons. The SMILES string of the molecule is Cc1nc(C2CC2)nc2sc(C(=O)N(C)Cc3cnn(C)c3)c(C)c12. The first-order valence-electron chi connectivity index (χ1n) is 8.44. The fourth-order valence-corrected chi connectivity index (χ4v) is 4.39. The van der Waals surface area contributed by atoms with E-state index in [0.717, 1.165) is 37.7 Å². The third-order valence-electron chi connectivity index (χ3n) is 4.65. The highest BCUT2D eigenvalue weighted by atomic mass is 32.1. The summed E-state index contributed by atoms with van der Waals surface area (Å²) in [6, 6.07) is 0. The van der Waals surface area contributed by atoms with E-state index in [1.807, 2.05) is 34.1 Å². The Labute approximate surface area is 150 Å². The first kappa shape index (κ1) is 16.2. The Balaban J connectivity index is 1.66. The van der Waals surface area contributed by atoms with Crippen LogP contribution in [0.15, 0.2) is 12.4 Å². The summed E-state index contributed by atoms with van der Waals surface area (Å²) >= 11 is 1.49. The zero-order valence-electron chi connectivity index (χ0n) is 14.9. The van der Waals surface area contributed by atoms with Gasteiger partial charge < -0.3 is 4.90 Å². The Morgan fingerprint density at radius 3 is 2.76 bits per heavy atom. The normalized spacial score (nSPS) is 14.2. The predicted octanol–water partition coefficient (Wildman–Crippen LogP) is 3.19. The summed E-state index contributed by atoms with van der Waals surface area (Å²) in [5.41, 5.74) is 2.99. The van der Waals surface area contributed by atoms with Crippen LogP contribution in [-0.2, 0) is 13.6 Å². The molecule has 3 heterocycles. The monoisotopic (exact) mass is 355 g/mol. The zero-order chi connectivity index (χ0) is 17.7. The van der Waals surface area contributed by atoms with E-state index in [-0.39, 0.29) is 5.91 Å². The molecule has 4 rings (SSSR count). The molecule has 3 aromatic heterocycles. The smallest absolute Gasteiger partial charge is 0.264 e. The van der Waals surface area contributed by atoms with Crippen LogP contribution < -0.4 is 0 Å². The lowest BCUT2D eigenvalue weighted by Gasteiger charge is -2.15. The second-order valence-electron chi connectivity index (χ2n) is 6.86. The number of carbonyl (C=O) groups excluding carboxylic acids is 1.